The van der Waals surface area contributed by atoms with E-state index < -0.39 is 0 Å². The Morgan fingerprint density at radius 3 is 1.70 bits per heavy atom. The molecule has 0 aliphatic carbocycles. The largest absolute Gasteiger partial charge is 0.508 e. The van der Waals surface area contributed by atoms with Gasteiger partial charge in [0.05, 0.1) is 6.20 Å². The number of aromatic hydroxyl groups is 2. The summed E-state index contributed by atoms with van der Waals surface area (Å²) in [6.07, 6.45) is 1.60. The summed E-state index contributed by atoms with van der Waals surface area (Å²) in [7, 11) is 0. The van der Waals surface area contributed by atoms with Crippen molar-refractivity contribution in [1.82, 2.24) is 15.4 Å². The van der Waals surface area contributed by atoms with Crippen LogP contribution in [-0.2, 0) is 0 Å². The molecule has 3 N–H and O–H groups in total. The number of aromatic nitrogens is 3. The topological polar surface area (TPSA) is 85.3 Å². The number of H-pyrrole nitrogens is 1. The van der Waals surface area contributed by atoms with Gasteiger partial charge >= 0.3 is 0 Å². The molecule has 2 aromatic carbocycles. The number of nitrogens with zero attached hydrogens (tertiary/aromatic N) is 3. The number of nitrogens with one attached hydrogen (secondary N) is 1. The molecule has 1 aromatic heterocycles. The Labute approximate surface area is 114 Å². The molecule has 0 amide bonds. The molecule has 100 valence electrons. The van der Waals surface area contributed by atoms with Crippen LogP contribution in [0.4, 0.5) is 17.2 Å². The van der Waals surface area contributed by atoms with Gasteiger partial charge in [-0.1, -0.05) is 0 Å². The van der Waals surface area contributed by atoms with Gasteiger partial charge in [-0.3, -0.25) is 4.90 Å². The fourth-order valence-electron chi connectivity index (χ4n) is 1.92. The zero-order valence-corrected chi connectivity index (χ0v) is 10.4. The first kappa shape index (κ1) is 12.0. The summed E-state index contributed by atoms with van der Waals surface area (Å²) in [5, 5.41) is 29.2. The van der Waals surface area contributed by atoms with Gasteiger partial charge in [-0.2, -0.15) is 10.3 Å². The van der Waals surface area contributed by atoms with Crippen molar-refractivity contribution in [2.45, 2.75) is 0 Å². The molecule has 3 aromatic rings. The van der Waals surface area contributed by atoms with Crippen LogP contribution in [0, 0.1) is 0 Å². The van der Waals surface area contributed by atoms with Crippen molar-refractivity contribution in [3.63, 3.8) is 0 Å². The zero-order chi connectivity index (χ0) is 13.9. The number of aromatic amines is 1. The standard InChI is InChI=1S/C14H12N4O2/c19-12-5-1-10(2-6-12)18(14-9-15-17-16-14)11-3-7-13(20)8-4-11/h1-9,19-20H,(H,15,16,17). The van der Waals surface area contributed by atoms with Crippen molar-refractivity contribution in [1.29, 1.82) is 0 Å². The molecule has 0 aliphatic rings. The number of hydrogen-bond acceptors (Lipinski definition) is 5. The summed E-state index contributed by atoms with van der Waals surface area (Å²) >= 11 is 0. The third kappa shape index (κ3) is 2.26. The molecule has 0 fully saturated rings. The van der Waals surface area contributed by atoms with Gasteiger partial charge in [0.2, 0.25) is 0 Å². The maximum Gasteiger partial charge on any atom is 0.179 e. The fraction of sp³-hybridized carbons (Fsp3) is 0. The van der Waals surface area contributed by atoms with Gasteiger partial charge < -0.3 is 10.2 Å². The maximum atomic E-state index is 9.39. The lowest BCUT2D eigenvalue weighted by Gasteiger charge is -2.22. The van der Waals surface area contributed by atoms with Crippen LogP contribution in [0.2, 0.25) is 0 Å². The van der Waals surface area contributed by atoms with E-state index in [9.17, 15) is 10.2 Å². The van der Waals surface area contributed by atoms with Crippen LogP contribution in [-0.4, -0.2) is 25.6 Å². The zero-order valence-electron chi connectivity index (χ0n) is 10.4. The lowest BCUT2D eigenvalue weighted by Crippen LogP contribution is -2.10. The second-order valence-electron chi connectivity index (χ2n) is 4.20. The van der Waals surface area contributed by atoms with Crippen molar-refractivity contribution in [2.24, 2.45) is 0 Å². The van der Waals surface area contributed by atoms with Gasteiger partial charge in [0.25, 0.3) is 0 Å². The first-order chi connectivity index (χ1) is 9.74. The lowest BCUT2D eigenvalue weighted by atomic mass is 10.2. The highest BCUT2D eigenvalue weighted by atomic mass is 16.3. The Morgan fingerprint density at radius 2 is 1.30 bits per heavy atom. The van der Waals surface area contributed by atoms with E-state index in [-0.39, 0.29) is 11.5 Å². The van der Waals surface area contributed by atoms with E-state index >= 15 is 0 Å². The molecule has 1 heterocycles. The van der Waals surface area contributed by atoms with E-state index in [4.69, 9.17) is 0 Å². The van der Waals surface area contributed by atoms with E-state index in [1.807, 2.05) is 4.90 Å². The van der Waals surface area contributed by atoms with E-state index in [1.165, 1.54) is 0 Å². The van der Waals surface area contributed by atoms with Gasteiger partial charge in [0.15, 0.2) is 5.82 Å². The first-order valence-corrected chi connectivity index (χ1v) is 5.98. The predicted molar refractivity (Wildman–Crippen MR) is 74.4 cm³/mol. The van der Waals surface area contributed by atoms with Crippen molar-refractivity contribution in [3.05, 3.63) is 54.7 Å². The molecule has 0 radical (unpaired) electrons. The van der Waals surface area contributed by atoms with Gasteiger partial charge in [0, 0.05) is 11.4 Å². The minimum absolute atomic E-state index is 0.194. The number of anilines is 3. The Kier molecular flexibility index (Phi) is 2.96. The highest BCUT2D eigenvalue weighted by Crippen LogP contribution is 2.33. The number of phenolic OH excluding ortho intramolecular Hbond substituents is 2. The second-order valence-corrected chi connectivity index (χ2v) is 4.20. The van der Waals surface area contributed by atoms with Crippen LogP contribution < -0.4 is 4.90 Å². The normalized spacial score (nSPS) is 10.4. The van der Waals surface area contributed by atoms with Crippen molar-refractivity contribution >= 4 is 17.2 Å². The predicted octanol–water partition coefficient (Wildman–Crippen LogP) is 2.69. The van der Waals surface area contributed by atoms with Crippen molar-refractivity contribution in [3.8, 4) is 11.5 Å². The monoisotopic (exact) mass is 268 g/mol. The molecular formula is C14H12N4O2. The molecule has 0 saturated heterocycles. The van der Waals surface area contributed by atoms with Crippen molar-refractivity contribution < 1.29 is 10.2 Å². The van der Waals surface area contributed by atoms with Gasteiger partial charge in [0.1, 0.15) is 11.5 Å². The average Bonchev–Trinajstić information content (AvgIpc) is 2.97. The summed E-state index contributed by atoms with van der Waals surface area (Å²) in [4.78, 5) is 1.85. The smallest absolute Gasteiger partial charge is 0.179 e. The third-order valence-electron chi connectivity index (χ3n) is 2.85. The quantitative estimate of drug-likeness (QED) is 0.680. The summed E-state index contributed by atoms with van der Waals surface area (Å²) in [6.45, 7) is 0. The molecule has 0 spiro atoms. The minimum Gasteiger partial charge on any atom is -0.508 e. The molecule has 0 aliphatic heterocycles. The Hall–Kier alpha value is -3.02. The number of rotatable bonds is 3. The Bertz CT molecular complexity index is 633. The number of hydrogen-bond donors (Lipinski definition) is 3. The molecule has 0 bridgehead atoms. The number of benzene rings is 2. The van der Waals surface area contributed by atoms with Gasteiger partial charge in [-0.15, -0.1) is 5.10 Å². The minimum atomic E-state index is 0.194. The van der Waals surface area contributed by atoms with Crippen LogP contribution in [0.15, 0.2) is 54.7 Å². The summed E-state index contributed by atoms with van der Waals surface area (Å²) in [5.74, 6) is 1.00. The number of phenols is 2. The highest BCUT2D eigenvalue weighted by Gasteiger charge is 2.14. The van der Waals surface area contributed by atoms with Crippen LogP contribution in [0.3, 0.4) is 0 Å². The summed E-state index contributed by atoms with van der Waals surface area (Å²) in [5.41, 5.74) is 1.64. The van der Waals surface area contributed by atoms with Crippen LogP contribution >= 0.6 is 0 Å². The van der Waals surface area contributed by atoms with E-state index in [2.05, 4.69) is 15.4 Å². The molecule has 3 rings (SSSR count). The van der Waals surface area contributed by atoms with Crippen LogP contribution in [0.25, 0.3) is 0 Å². The fourth-order valence-corrected chi connectivity index (χ4v) is 1.92. The van der Waals surface area contributed by atoms with E-state index in [0.717, 1.165) is 11.4 Å². The van der Waals surface area contributed by atoms with Crippen LogP contribution in [0.1, 0.15) is 0 Å². The summed E-state index contributed by atoms with van der Waals surface area (Å²) < 4.78 is 0. The SMILES string of the molecule is Oc1ccc(N(c2ccc(O)cc2)c2cn[nH]n2)cc1. The first-order valence-electron chi connectivity index (χ1n) is 5.98. The van der Waals surface area contributed by atoms with Gasteiger partial charge in [-0.05, 0) is 48.5 Å². The molecule has 0 atom stereocenters. The van der Waals surface area contributed by atoms with E-state index in [1.54, 1.807) is 54.7 Å². The van der Waals surface area contributed by atoms with Crippen molar-refractivity contribution in [2.75, 3.05) is 4.90 Å². The Morgan fingerprint density at radius 1 is 0.800 bits per heavy atom. The molecule has 0 saturated carbocycles. The average molecular weight is 268 g/mol. The lowest BCUT2D eigenvalue weighted by molar-refractivity contribution is 0.475. The Balaban J connectivity index is 2.09. The maximum absolute atomic E-state index is 9.39. The molecular weight excluding hydrogens is 256 g/mol. The summed E-state index contributed by atoms with van der Waals surface area (Å²) in [6, 6.07) is 13.5. The van der Waals surface area contributed by atoms with Gasteiger partial charge in [-0.25, -0.2) is 0 Å². The van der Waals surface area contributed by atoms with E-state index in [0.29, 0.717) is 5.82 Å². The second kappa shape index (κ2) is 4.93. The highest BCUT2D eigenvalue weighted by molar-refractivity contribution is 5.74. The molecule has 6 heteroatoms. The molecule has 6 nitrogen and oxygen atoms in total. The molecule has 20 heavy (non-hydrogen) atoms. The molecule has 0 unspecified atom stereocenters. The third-order valence-corrected chi connectivity index (χ3v) is 2.85. The van der Waals surface area contributed by atoms with Crippen LogP contribution in [0.5, 0.6) is 11.5 Å².